The lowest BCUT2D eigenvalue weighted by Crippen LogP contribution is -2.45. The fraction of sp³-hybridized carbons (Fsp3) is 0.588. The zero-order chi connectivity index (χ0) is 17.2. The third-order valence-electron chi connectivity index (χ3n) is 4.01. The van der Waals surface area contributed by atoms with Crippen LogP contribution in [0.5, 0.6) is 0 Å². The molecule has 1 unspecified atom stereocenters. The molecule has 1 aromatic rings. The van der Waals surface area contributed by atoms with Gasteiger partial charge in [0.05, 0.1) is 32.4 Å². The number of methoxy groups -OCH3 is 1. The summed E-state index contributed by atoms with van der Waals surface area (Å²) in [6.07, 6.45) is 0. The van der Waals surface area contributed by atoms with Crippen LogP contribution in [0.1, 0.15) is 11.6 Å². The summed E-state index contributed by atoms with van der Waals surface area (Å²) in [5.41, 5.74) is 1.04. The Labute approximate surface area is 172 Å². The average Bonchev–Trinajstić information content (AvgIpc) is 2.61. The Hall–Kier alpha value is -0.600. The Balaban J connectivity index is 0.00000312. The maximum absolute atomic E-state index is 12.0. The van der Waals surface area contributed by atoms with Gasteiger partial charge in [0.15, 0.2) is 0 Å². The standard InChI is InChI=1S/C17H26ClN3O3.2ClH/c1-23-9-6-19-13-17(22)20-12-16(21-7-10-24-11-8-21)14-4-2-3-5-15(14)18;;/h2-5,16,19H,6-13H2,1H3,(H,20,22);2*1H. The molecule has 1 atom stereocenters. The van der Waals surface area contributed by atoms with Crippen molar-refractivity contribution in [1.29, 1.82) is 0 Å². The molecule has 1 saturated heterocycles. The van der Waals surface area contributed by atoms with Gasteiger partial charge >= 0.3 is 0 Å². The first-order valence-electron chi connectivity index (χ1n) is 8.25. The van der Waals surface area contributed by atoms with Crippen LogP contribution in [0.25, 0.3) is 0 Å². The zero-order valence-corrected chi connectivity index (χ0v) is 17.3. The molecule has 1 heterocycles. The number of ether oxygens (including phenoxy) is 2. The van der Waals surface area contributed by atoms with Crippen molar-refractivity contribution < 1.29 is 14.3 Å². The van der Waals surface area contributed by atoms with E-state index in [1.807, 2.05) is 24.3 Å². The zero-order valence-electron chi connectivity index (χ0n) is 14.9. The predicted molar refractivity (Wildman–Crippen MR) is 109 cm³/mol. The summed E-state index contributed by atoms with van der Waals surface area (Å²) < 4.78 is 10.4. The van der Waals surface area contributed by atoms with Crippen molar-refractivity contribution in [2.24, 2.45) is 0 Å². The van der Waals surface area contributed by atoms with Crippen molar-refractivity contribution in [3.63, 3.8) is 0 Å². The Morgan fingerprint density at radius 3 is 2.65 bits per heavy atom. The molecular formula is C17H28Cl3N3O3. The van der Waals surface area contributed by atoms with Crippen LogP contribution in [0.4, 0.5) is 0 Å². The molecule has 9 heteroatoms. The van der Waals surface area contributed by atoms with Gasteiger partial charge in [0.2, 0.25) is 5.91 Å². The van der Waals surface area contributed by atoms with E-state index in [-0.39, 0.29) is 43.3 Å². The lowest BCUT2D eigenvalue weighted by Gasteiger charge is -2.35. The molecule has 0 bridgehead atoms. The third kappa shape index (κ3) is 8.39. The van der Waals surface area contributed by atoms with Crippen LogP contribution < -0.4 is 10.6 Å². The van der Waals surface area contributed by atoms with Gasteiger partial charge in [-0.05, 0) is 11.6 Å². The monoisotopic (exact) mass is 427 g/mol. The van der Waals surface area contributed by atoms with Gasteiger partial charge in [0.1, 0.15) is 0 Å². The van der Waals surface area contributed by atoms with E-state index in [1.165, 1.54) is 0 Å². The maximum atomic E-state index is 12.0. The first kappa shape index (κ1) is 25.4. The van der Waals surface area contributed by atoms with Gasteiger partial charge in [-0.1, -0.05) is 29.8 Å². The summed E-state index contributed by atoms with van der Waals surface area (Å²) in [6, 6.07) is 7.85. The highest BCUT2D eigenvalue weighted by Crippen LogP contribution is 2.27. The van der Waals surface area contributed by atoms with Gasteiger partial charge in [0, 0.05) is 38.3 Å². The lowest BCUT2D eigenvalue weighted by molar-refractivity contribution is -0.120. The highest BCUT2D eigenvalue weighted by atomic mass is 35.5. The van der Waals surface area contributed by atoms with Crippen molar-refractivity contribution in [2.75, 3.05) is 59.7 Å². The fourth-order valence-corrected chi connectivity index (χ4v) is 2.98. The highest BCUT2D eigenvalue weighted by molar-refractivity contribution is 6.31. The van der Waals surface area contributed by atoms with E-state index in [0.29, 0.717) is 32.9 Å². The number of halogens is 3. The second kappa shape index (κ2) is 14.5. The number of hydrogen-bond donors (Lipinski definition) is 2. The van der Waals surface area contributed by atoms with Crippen LogP contribution in [-0.4, -0.2) is 70.5 Å². The van der Waals surface area contributed by atoms with Crippen LogP contribution in [0.2, 0.25) is 5.02 Å². The van der Waals surface area contributed by atoms with Crippen LogP contribution in [0.15, 0.2) is 24.3 Å². The van der Waals surface area contributed by atoms with Gasteiger partial charge in [-0.2, -0.15) is 0 Å². The molecule has 1 amide bonds. The summed E-state index contributed by atoms with van der Waals surface area (Å²) in [4.78, 5) is 14.3. The number of rotatable bonds is 9. The molecule has 0 radical (unpaired) electrons. The SMILES string of the molecule is COCCNCC(=O)NCC(c1ccccc1Cl)N1CCOCC1.Cl.Cl. The summed E-state index contributed by atoms with van der Waals surface area (Å²) >= 11 is 6.38. The minimum Gasteiger partial charge on any atom is -0.383 e. The molecule has 150 valence electrons. The highest BCUT2D eigenvalue weighted by Gasteiger charge is 2.24. The third-order valence-corrected chi connectivity index (χ3v) is 4.36. The first-order chi connectivity index (χ1) is 11.7. The van der Waals surface area contributed by atoms with Gasteiger partial charge < -0.3 is 20.1 Å². The average molecular weight is 429 g/mol. The minimum atomic E-state index is -0.0311. The topological polar surface area (TPSA) is 62.8 Å². The number of carbonyl (C=O) groups excluding carboxylic acids is 1. The fourth-order valence-electron chi connectivity index (χ4n) is 2.72. The molecule has 1 aromatic carbocycles. The second-order valence-electron chi connectivity index (χ2n) is 5.66. The van der Waals surface area contributed by atoms with E-state index >= 15 is 0 Å². The molecular weight excluding hydrogens is 401 g/mol. The molecule has 1 aliphatic rings. The van der Waals surface area contributed by atoms with Crippen LogP contribution >= 0.6 is 36.4 Å². The molecule has 1 aliphatic heterocycles. The van der Waals surface area contributed by atoms with Gasteiger partial charge in [-0.25, -0.2) is 0 Å². The van der Waals surface area contributed by atoms with E-state index in [2.05, 4.69) is 15.5 Å². The Bertz CT molecular complexity index is 517. The second-order valence-corrected chi connectivity index (χ2v) is 6.07. The van der Waals surface area contributed by atoms with Crippen LogP contribution in [0, 0.1) is 0 Å². The molecule has 0 saturated carbocycles. The molecule has 0 spiro atoms. The Kier molecular flexibility index (Phi) is 14.1. The van der Waals surface area contributed by atoms with Crippen molar-refractivity contribution >= 4 is 42.3 Å². The first-order valence-corrected chi connectivity index (χ1v) is 8.62. The van der Waals surface area contributed by atoms with Crippen molar-refractivity contribution in [3.8, 4) is 0 Å². The summed E-state index contributed by atoms with van der Waals surface area (Å²) in [5.74, 6) is -0.0311. The largest absolute Gasteiger partial charge is 0.383 e. The van der Waals surface area contributed by atoms with E-state index in [4.69, 9.17) is 21.1 Å². The lowest BCUT2D eigenvalue weighted by atomic mass is 10.0. The maximum Gasteiger partial charge on any atom is 0.234 e. The molecule has 2 N–H and O–H groups in total. The number of nitrogens with zero attached hydrogens (tertiary/aromatic N) is 1. The van der Waals surface area contributed by atoms with E-state index < -0.39 is 0 Å². The van der Waals surface area contributed by atoms with Gasteiger partial charge in [0.25, 0.3) is 0 Å². The van der Waals surface area contributed by atoms with Crippen LogP contribution in [0.3, 0.4) is 0 Å². The van der Waals surface area contributed by atoms with Crippen molar-refractivity contribution in [3.05, 3.63) is 34.9 Å². The molecule has 1 fully saturated rings. The van der Waals surface area contributed by atoms with E-state index in [0.717, 1.165) is 23.7 Å². The summed E-state index contributed by atoms with van der Waals surface area (Å²) in [5, 5.41) is 6.77. The van der Waals surface area contributed by atoms with Gasteiger partial charge in [-0.3, -0.25) is 9.69 Å². The van der Waals surface area contributed by atoms with E-state index in [9.17, 15) is 4.79 Å². The van der Waals surface area contributed by atoms with Gasteiger partial charge in [-0.15, -0.1) is 24.8 Å². The number of carbonyl (C=O) groups is 1. The number of morpholine rings is 1. The summed E-state index contributed by atoms with van der Waals surface area (Å²) in [6.45, 7) is 5.11. The predicted octanol–water partition coefficient (Wildman–Crippen LogP) is 1.91. The number of benzene rings is 1. The molecule has 26 heavy (non-hydrogen) atoms. The Morgan fingerprint density at radius 1 is 1.31 bits per heavy atom. The Morgan fingerprint density at radius 2 is 2.00 bits per heavy atom. The van der Waals surface area contributed by atoms with Crippen molar-refractivity contribution in [2.45, 2.75) is 6.04 Å². The quantitative estimate of drug-likeness (QED) is 0.588. The molecule has 0 aromatic heterocycles. The minimum absolute atomic E-state index is 0. The number of nitrogens with one attached hydrogen (secondary N) is 2. The van der Waals surface area contributed by atoms with Crippen molar-refractivity contribution in [1.82, 2.24) is 15.5 Å². The number of hydrogen-bond acceptors (Lipinski definition) is 5. The number of amides is 1. The van der Waals surface area contributed by atoms with E-state index in [1.54, 1.807) is 7.11 Å². The smallest absolute Gasteiger partial charge is 0.234 e. The summed E-state index contributed by atoms with van der Waals surface area (Å²) in [7, 11) is 1.64. The molecule has 6 nitrogen and oxygen atoms in total. The normalized spacial score (nSPS) is 15.5. The van der Waals surface area contributed by atoms with Crippen LogP contribution in [-0.2, 0) is 14.3 Å². The molecule has 0 aliphatic carbocycles. The molecule has 2 rings (SSSR count).